The summed E-state index contributed by atoms with van der Waals surface area (Å²) in [6, 6.07) is 24.6. The van der Waals surface area contributed by atoms with Crippen LogP contribution in [0, 0.1) is 0 Å². The summed E-state index contributed by atoms with van der Waals surface area (Å²) in [4.78, 5) is 47.3. The molecule has 2 aliphatic rings. The van der Waals surface area contributed by atoms with Crippen LogP contribution in [-0.4, -0.2) is 59.7 Å². The second-order valence-electron chi connectivity index (χ2n) is 11.4. The average Bonchev–Trinajstić information content (AvgIpc) is 3.07. The number of nitrogens with one attached hydrogen (secondary N) is 2. The highest BCUT2D eigenvalue weighted by atomic mass is 16.5. The first-order chi connectivity index (χ1) is 21.5. The maximum absolute atomic E-state index is 13.1. The Balaban J connectivity index is 1.25. The zero-order chi connectivity index (χ0) is 30.7. The van der Waals surface area contributed by atoms with Crippen molar-refractivity contribution in [3.63, 3.8) is 0 Å². The van der Waals surface area contributed by atoms with E-state index in [2.05, 4.69) is 10.6 Å². The minimum Gasteiger partial charge on any atom is -0.491 e. The van der Waals surface area contributed by atoms with E-state index in [1.54, 1.807) is 29.2 Å². The number of aliphatic imine (C=N–C) groups is 1. The van der Waals surface area contributed by atoms with Crippen molar-refractivity contribution in [3.05, 3.63) is 95.6 Å². The van der Waals surface area contributed by atoms with E-state index in [0.29, 0.717) is 55.6 Å². The van der Waals surface area contributed by atoms with Gasteiger partial charge in [0.1, 0.15) is 18.0 Å². The number of carbonyl (C=O) groups is 3. The van der Waals surface area contributed by atoms with E-state index in [9.17, 15) is 14.4 Å². The fourth-order valence-corrected chi connectivity index (χ4v) is 5.68. The van der Waals surface area contributed by atoms with E-state index in [4.69, 9.17) is 9.73 Å². The maximum Gasteiger partial charge on any atom is 0.257 e. The number of hydrogen-bond acceptors (Lipinski definition) is 6. The van der Waals surface area contributed by atoms with Gasteiger partial charge in [-0.1, -0.05) is 79.9 Å². The number of fused-ring (bicyclic) bond motifs is 1. The van der Waals surface area contributed by atoms with Crippen LogP contribution in [0.2, 0.25) is 0 Å². The number of hydrogen-bond donors (Lipinski definition) is 2. The van der Waals surface area contributed by atoms with Crippen LogP contribution in [-0.2, 0) is 22.7 Å². The zero-order valence-electron chi connectivity index (χ0n) is 25.3. The number of amides is 3. The van der Waals surface area contributed by atoms with Crippen LogP contribution in [0.4, 0.5) is 5.69 Å². The fraction of sp³-hybridized carbons (Fsp3) is 0.371. The lowest BCUT2D eigenvalue weighted by atomic mass is 9.94. The standard InChI is InChI=1S/C35H41N5O4/c1-39(29-18-9-4-10-19-29)32(42)21-12-22-44-30-20-11-17-28-24-40(25-31(41)36-23-26-13-5-2-6-14-26)35(37-33(28)30)38-34(43)27-15-7-3-8-16-27/h2-3,5-8,11,13-17,20,29H,4,9-10,12,18-19,21-25H2,1H3,(H,36,41)(H,37,38,43). The topological polar surface area (TPSA) is 103 Å². The highest BCUT2D eigenvalue weighted by Crippen LogP contribution is 2.35. The van der Waals surface area contributed by atoms with Gasteiger partial charge in [0.15, 0.2) is 0 Å². The first kappa shape index (κ1) is 30.8. The van der Waals surface area contributed by atoms with Gasteiger partial charge in [-0.2, -0.15) is 0 Å². The Hall–Kier alpha value is -4.66. The molecule has 44 heavy (non-hydrogen) atoms. The minimum absolute atomic E-state index is 0.0158. The van der Waals surface area contributed by atoms with Gasteiger partial charge in [-0.3, -0.25) is 19.7 Å². The molecule has 9 nitrogen and oxygen atoms in total. The minimum atomic E-state index is -0.318. The molecule has 1 aliphatic carbocycles. The Morgan fingerprint density at radius 3 is 2.41 bits per heavy atom. The Labute approximate surface area is 259 Å². The third-order valence-electron chi connectivity index (χ3n) is 8.20. The van der Waals surface area contributed by atoms with Crippen molar-refractivity contribution >= 4 is 29.4 Å². The Morgan fingerprint density at radius 2 is 1.66 bits per heavy atom. The molecule has 2 N–H and O–H groups in total. The smallest absolute Gasteiger partial charge is 0.257 e. The largest absolute Gasteiger partial charge is 0.491 e. The van der Waals surface area contributed by atoms with Crippen LogP contribution in [0.25, 0.3) is 0 Å². The number of ether oxygens (including phenoxy) is 1. The molecule has 1 aliphatic heterocycles. The fourth-order valence-electron chi connectivity index (χ4n) is 5.68. The van der Waals surface area contributed by atoms with Crippen molar-refractivity contribution in [3.8, 4) is 5.75 Å². The molecule has 3 aromatic rings. The van der Waals surface area contributed by atoms with Gasteiger partial charge in [-0.15, -0.1) is 0 Å². The van der Waals surface area contributed by atoms with Crippen molar-refractivity contribution < 1.29 is 19.1 Å². The monoisotopic (exact) mass is 595 g/mol. The highest BCUT2D eigenvalue weighted by Gasteiger charge is 2.26. The van der Waals surface area contributed by atoms with Crippen LogP contribution in [0.5, 0.6) is 5.75 Å². The summed E-state index contributed by atoms with van der Waals surface area (Å²) in [6.07, 6.45) is 6.82. The molecular weight excluding hydrogens is 554 g/mol. The summed E-state index contributed by atoms with van der Waals surface area (Å²) < 4.78 is 6.13. The summed E-state index contributed by atoms with van der Waals surface area (Å²) in [7, 11) is 1.92. The molecule has 1 fully saturated rings. The van der Waals surface area contributed by atoms with Gasteiger partial charge in [-0.05, 0) is 43.0 Å². The molecule has 0 unspecified atom stereocenters. The molecule has 0 aromatic heterocycles. The zero-order valence-corrected chi connectivity index (χ0v) is 25.3. The van der Waals surface area contributed by atoms with Gasteiger partial charge in [0.2, 0.25) is 17.8 Å². The van der Waals surface area contributed by atoms with Gasteiger partial charge in [0, 0.05) is 43.7 Å². The van der Waals surface area contributed by atoms with Crippen LogP contribution >= 0.6 is 0 Å². The third kappa shape index (κ3) is 8.24. The molecule has 9 heteroatoms. The first-order valence-electron chi connectivity index (χ1n) is 15.5. The van der Waals surface area contributed by atoms with Crippen molar-refractivity contribution in [2.45, 2.75) is 64.1 Å². The van der Waals surface area contributed by atoms with Crippen molar-refractivity contribution in [1.29, 1.82) is 0 Å². The molecule has 1 saturated carbocycles. The molecule has 3 aromatic carbocycles. The Bertz CT molecular complexity index is 1450. The molecule has 0 atom stereocenters. The Morgan fingerprint density at radius 1 is 0.932 bits per heavy atom. The van der Waals surface area contributed by atoms with Crippen molar-refractivity contribution in [2.24, 2.45) is 4.99 Å². The van der Waals surface area contributed by atoms with Crippen LogP contribution in [0.15, 0.2) is 83.9 Å². The quantitative estimate of drug-likeness (QED) is 0.297. The van der Waals surface area contributed by atoms with Crippen LogP contribution < -0.4 is 15.4 Å². The van der Waals surface area contributed by atoms with Crippen molar-refractivity contribution in [1.82, 2.24) is 20.4 Å². The highest BCUT2D eigenvalue weighted by molar-refractivity contribution is 6.07. The lowest BCUT2D eigenvalue weighted by Gasteiger charge is -2.31. The van der Waals surface area contributed by atoms with E-state index in [-0.39, 0.29) is 30.2 Å². The Kier molecular flexibility index (Phi) is 10.6. The number of benzene rings is 3. The van der Waals surface area contributed by atoms with Gasteiger partial charge < -0.3 is 19.9 Å². The van der Waals surface area contributed by atoms with E-state index in [1.807, 2.05) is 66.5 Å². The molecule has 0 radical (unpaired) electrons. The van der Waals surface area contributed by atoms with Crippen LogP contribution in [0.1, 0.15) is 66.4 Å². The van der Waals surface area contributed by atoms with Crippen molar-refractivity contribution in [2.75, 3.05) is 20.2 Å². The van der Waals surface area contributed by atoms with E-state index in [0.717, 1.165) is 24.0 Å². The van der Waals surface area contributed by atoms with Gasteiger partial charge in [-0.25, -0.2) is 4.99 Å². The molecule has 230 valence electrons. The number of carbonyl (C=O) groups excluding carboxylic acids is 3. The number of nitrogens with zero attached hydrogens (tertiary/aromatic N) is 3. The molecule has 3 amide bonds. The van der Waals surface area contributed by atoms with Crippen LogP contribution in [0.3, 0.4) is 0 Å². The predicted octanol–water partition coefficient (Wildman–Crippen LogP) is 5.19. The third-order valence-corrected chi connectivity index (χ3v) is 8.20. The average molecular weight is 596 g/mol. The van der Waals surface area contributed by atoms with E-state index >= 15 is 0 Å². The SMILES string of the molecule is CN(C(=O)CCCOc1cccc2c1N=C(NC(=O)c1ccccc1)N(CC(=O)NCc1ccccc1)C2)C1CCCCC1. The van der Waals surface area contributed by atoms with E-state index < -0.39 is 0 Å². The second kappa shape index (κ2) is 15.2. The number of para-hydroxylation sites is 1. The number of rotatable bonds is 11. The summed E-state index contributed by atoms with van der Waals surface area (Å²) in [6.45, 7) is 1.16. The summed E-state index contributed by atoms with van der Waals surface area (Å²) in [5.74, 6) is 0.508. The molecule has 1 heterocycles. The normalized spacial score (nSPS) is 14.7. The number of guanidine groups is 1. The molecule has 0 bridgehead atoms. The summed E-state index contributed by atoms with van der Waals surface area (Å²) >= 11 is 0. The van der Waals surface area contributed by atoms with Gasteiger partial charge in [0.05, 0.1) is 6.61 Å². The lowest BCUT2D eigenvalue weighted by Crippen LogP contribution is -2.48. The predicted molar refractivity (Wildman–Crippen MR) is 171 cm³/mol. The molecule has 0 spiro atoms. The molecular formula is C35H41N5O4. The first-order valence-corrected chi connectivity index (χ1v) is 15.5. The summed E-state index contributed by atoms with van der Waals surface area (Å²) in [5, 5.41) is 5.86. The molecule has 5 rings (SSSR count). The molecule has 0 saturated heterocycles. The van der Waals surface area contributed by atoms with Gasteiger partial charge in [0.25, 0.3) is 5.91 Å². The summed E-state index contributed by atoms with van der Waals surface area (Å²) in [5.41, 5.74) is 2.98. The van der Waals surface area contributed by atoms with Gasteiger partial charge >= 0.3 is 0 Å². The maximum atomic E-state index is 13.1. The second-order valence-corrected chi connectivity index (χ2v) is 11.4. The lowest BCUT2D eigenvalue weighted by molar-refractivity contribution is -0.132. The van der Waals surface area contributed by atoms with E-state index in [1.165, 1.54) is 19.3 Å².